The lowest BCUT2D eigenvalue weighted by Gasteiger charge is -1.94. The molecule has 0 atom stereocenters. The number of nitrogens with zero attached hydrogens (tertiary/aromatic N) is 2. The van der Waals surface area contributed by atoms with E-state index in [2.05, 4.69) is 33.9 Å². The second-order valence-corrected chi connectivity index (χ2v) is 3.29. The number of halogens is 1. The molecule has 0 N–H and O–H groups in total. The minimum Gasteiger partial charge on any atom is -0.305 e. The van der Waals surface area contributed by atoms with Gasteiger partial charge in [0.2, 0.25) is 0 Å². The largest absolute Gasteiger partial charge is 0.305 e. The first-order chi connectivity index (χ1) is 5.27. The molecule has 0 saturated carbocycles. The lowest BCUT2D eigenvalue weighted by Crippen LogP contribution is -1.81. The van der Waals surface area contributed by atoms with E-state index in [-0.39, 0.29) is 0 Å². The zero-order valence-electron chi connectivity index (χ0n) is 6.08. The van der Waals surface area contributed by atoms with Gasteiger partial charge in [-0.1, -0.05) is 6.07 Å². The Morgan fingerprint density at radius 1 is 1.45 bits per heavy atom. The van der Waals surface area contributed by atoms with Crippen LogP contribution in [0, 0.1) is 6.92 Å². The molecule has 3 heteroatoms. The molecule has 0 radical (unpaired) electrons. The number of hydrogen-bond acceptors (Lipinski definition) is 1. The fourth-order valence-corrected chi connectivity index (χ4v) is 1.51. The van der Waals surface area contributed by atoms with Gasteiger partial charge in [0.05, 0.1) is 5.52 Å². The van der Waals surface area contributed by atoms with Gasteiger partial charge in [0.15, 0.2) is 0 Å². The predicted octanol–water partition coefficient (Wildman–Crippen LogP) is 2.41. The molecule has 0 bridgehead atoms. The molecule has 2 aromatic heterocycles. The molecule has 0 aliphatic carbocycles. The number of rotatable bonds is 0. The Labute approximate surface area is 73.0 Å². The van der Waals surface area contributed by atoms with E-state index in [9.17, 15) is 0 Å². The van der Waals surface area contributed by atoms with Gasteiger partial charge in [0, 0.05) is 6.20 Å². The molecule has 0 fully saturated rings. The van der Waals surface area contributed by atoms with Crippen molar-refractivity contribution in [2.45, 2.75) is 6.92 Å². The molecule has 0 amide bonds. The van der Waals surface area contributed by atoms with Crippen molar-refractivity contribution in [1.29, 1.82) is 0 Å². The van der Waals surface area contributed by atoms with Crippen molar-refractivity contribution in [3.05, 3.63) is 34.8 Å². The monoisotopic (exact) mass is 210 g/mol. The van der Waals surface area contributed by atoms with Crippen molar-refractivity contribution >= 4 is 21.4 Å². The maximum absolute atomic E-state index is 4.12. The van der Waals surface area contributed by atoms with Crippen LogP contribution in [0.3, 0.4) is 0 Å². The van der Waals surface area contributed by atoms with Crippen LogP contribution in [0.2, 0.25) is 0 Å². The molecule has 0 spiro atoms. The molecule has 0 aliphatic rings. The molecule has 2 heterocycles. The topological polar surface area (TPSA) is 17.3 Å². The van der Waals surface area contributed by atoms with Gasteiger partial charge in [-0.25, -0.2) is 4.98 Å². The minimum atomic E-state index is 0.900. The van der Waals surface area contributed by atoms with Crippen LogP contribution in [0.1, 0.15) is 5.56 Å². The summed E-state index contributed by atoms with van der Waals surface area (Å²) in [6, 6.07) is 4.12. The van der Waals surface area contributed by atoms with Crippen LogP contribution in [0.25, 0.3) is 5.52 Å². The summed E-state index contributed by atoms with van der Waals surface area (Å²) < 4.78 is 2.90. The van der Waals surface area contributed by atoms with E-state index < -0.39 is 0 Å². The van der Waals surface area contributed by atoms with Gasteiger partial charge in [-0.3, -0.25) is 0 Å². The van der Waals surface area contributed by atoms with E-state index in [4.69, 9.17) is 0 Å². The van der Waals surface area contributed by atoms with E-state index in [1.54, 1.807) is 6.33 Å². The third-order valence-electron chi connectivity index (χ3n) is 1.63. The van der Waals surface area contributed by atoms with Gasteiger partial charge in [-0.05, 0) is 34.5 Å². The van der Waals surface area contributed by atoms with Gasteiger partial charge in [-0.2, -0.15) is 0 Å². The molecule has 56 valence electrons. The van der Waals surface area contributed by atoms with E-state index in [0.717, 1.165) is 10.1 Å². The highest BCUT2D eigenvalue weighted by atomic mass is 79.9. The summed E-state index contributed by atoms with van der Waals surface area (Å²) in [6.07, 6.45) is 3.85. The third-order valence-corrected chi connectivity index (χ3v) is 2.24. The number of fused-ring (bicyclic) bond motifs is 1. The Bertz CT molecular complexity index is 392. The normalized spacial score (nSPS) is 10.7. The molecular weight excluding hydrogens is 204 g/mol. The van der Waals surface area contributed by atoms with Crippen LogP contribution in [0.4, 0.5) is 0 Å². The van der Waals surface area contributed by atoms with Crippen LogP contribution in [-0.4, -0.2) is 9.38 Å². The summed E-state index contributed by atoms with van der Waals surface area (Å²) in [6.45, 7) is 2.06. The average Bonchev–Trinajstić information content (AvgIpc) is 2.32. The molecule has 2 aromatic rings. The number of pyridine rings is 1. The molecule has 11 heavy (non-hydrogen) atoms. The standard InChI is InChI=1S/C8H7BrN2/c1-6-2-3-7-8(9)10-5-11(7)4-6/h2-5H,1H3. The highest BCUT2D eigenvalue weighted by molar-refractivity contribution is 9.10. The smallest absolute Gasteiger partial charge is 0.131 e. The third kappa shape index (κ3) is 1.05. The summed E-state index contributed by atoms with van der Waals surface area (Å²) in [5.74, 6) is 0. The van der Waals surface area contributed by atoms with E-state index in [0.29, 0.717) is 0 Å². The number of aromatic nitrogens is 2. The van der Waals surface area contributed by atoms with Crippen LogP contribution in [0.15, 0.2) is 29.3 Å². The molecule has 0 aromatic carbocycles. The van der Waals surface area contributed by atoms with Crippen LogP contribution >= 0.6 is 15.9 Å². The minimum absolute atomic E-state index is 0.900. The van der Waals surface area contributed by atoms with Gasteiger partial charge < -0.3 is 4.40 Å². The fraction of sp³-hybridized carbons (Fsp3) is 0.125. The maximum Gasteiger partial charge on any atom is 0.131 e. The quantitative estimate of drug-likeness (QED) is 0.653. The molecular formula is C8H7BrN2. The molecule has 0 saturated heterocycles. The zero-order valence-corrected chi connectivity index (χ0v) is 7.67. The lowest BCUT2D eigenvalue weighted by atomic mass is 10.3. The lowest BCUT2D eigenvalue weighted by molar-refractivity contribution is 1.13. The Hall–Kier alpha value is -0.830. The Kier molecular flexibility index (Phi) is 1.46. The van der Waals surface area contributed by atoms with Crippen molar-refractivity contribution in [3.8, 4) is 0 Å². The summed E-state index contributed by atoms with van der Waals surface area (Å²) in [7, 11) is 0. The van der Waals surface area contributed by atoms with Crippen molar-refractivity contribution in [3.63, 3.8) is 0 Å². The highest BCUT2D eigenvalue weighted by Gasteiger charge is 1.98. The first-order valence-corrected chi connectivity index (χ1v) is 4.15. The van der Waals surface area contributed by atoms with Gasteiger partial charge >= 0.3 is 0 Å². The SMILES string of the molecule is Cc1ccc2c(Br)ncn2c1. The summed E-state index contributed by atoms with van der Waals surface area (Å²) in [4.78, 5) is 4.12. The molecule has 2 nitrogen and oxygen atoms in total. The van der Waals surface area contributed by atoms with Gasteiger partial charge in [0.1, 0.15) is 10.9 Å². The molecule has 0 unspecified atom stereocenters. The average molecular weight is 211 g/mol. The number of imidazole rings is 1. The number of aryl methyl sites for hydroxylation is 1. The maximum atomic E-state index is 4.12. The van der Waals surface area contributed by atoms with Gasteiger partial charge in [0.25, 0.3) is 0 Å². The fourth-order valence-electron chi connectivity index (χ4n) is 1.08. The van der Waals surface area contributed by atoms with Crippen LogP contribution < -0.4 is 0 Å². The van der Waals surface area contributed by atoms with E-state index in [1.165, 1.54) is 5.56 Å². The highest BCUT2D eigenvalue weighted by Crippen LogP contribution is 2.15. The summed E-state index contributed by atoms with van der Waals surface area (Å²) in [5, 5.41) is 0. The van der Waals surface area contributed by atoms with Gasteiger partial charge in [-0.15, -0.1) is 0 Å². The summed E-state index contributed by atoms with van der Waals surface area (Å²) >= 11 is 3.36. The van der Waals surface area contributed by atoms with Crippen molar-refractivity contribution in [1.82, 2.24) is 9.38 Å². The first-order valence-electron chi connectivity index (χ1n) is 3.36. The van der Waals surface area contributed by atoms with Crippen LogP contribution in [-0.2, 0) is 0 Å². The van der Waals surface area contributed by atoms with Crippen molar-refractivity contribution in [2.75, 3.05) is 0 Å². The van der Waals surface area contributed by atoms with Crippen molar-refractivity contribution in [2.24, 2.45) is 0 Å². The second-order valence-electron chi connectivity index (χ2n) is 2.53. The molecule has 0 aliphatic heterocycles. The zero-order chi connectivity index (χ0) is 7.84. The van der Waals surface area contributed by atoms with E-state index >= 15 is 0 Å². The first kappa shape index (κ1) is 6.85. The van der Waals surface area contributed by atoms with Crippen LogP contribution in [0.5, 0.6) is 0 Å². The van der Waals surface area contributed by atoms with E-state index in [1.807, 2.05) is 16.7 Å². The van der Waals surface area contributed by atoms with Crippen molar-refractivity contribution < 1.29 is 0 Å². The summed E-state index contributed by atoms with van der Waals surface area (Å²) in [5.41, 5.74) is 2.35. The predicted molar refractivity (Wildman–Crippen MR) is 47.6 cm³/mol. The Morgan fingerprint density at radius 3 is 3.09 bits per heavy atom. The Balaban J connectivity index is 2.86. The second kappa shape index (κ2) is 2.34. The Morgan fingerprint density at radius 2 is 2.27 bits per heavy atom. The molecule has 2 rings (SSSR count). The number of hydrogen-bond donors (Lipinski definition) is 0.